The second kappa shape index (κ2) is 6.91. The van der Waals surface area contributed by atoms with E-state index in [0.717, 1.165) is 24.3 Å². The largest absolute Gasteiger partial charge is 0.440 e. The Kier molecular flexibility index (Phi) is 4.75. The third-order valence-electron chi connectivity index (χ3n) is 4.00. The molecule has 2 heterocycles. The molecule has 0 radical (unpaired) electrons. The fourth-order valence-electron chi connectivity index (χ4n) is 2.59. The summed E-state index contributed by atoms with van der Waals surface area (Å²) in [6.07, 6.45) is -2.64. The normalized spacial score (nSPS) is 19.5. The predicted molar refractivity (Wildman–Crippen MR) is 86.0 cm³/mol. The first-order valence-electron chi connectivity index (χ1n) is 7.82. The fourth-order valence-corrected chi connectivity index (χ4v) is 2.59. The van der Waals surface area contributed by atoms with E-state index in [1.807, 2.05) is 0 Å². The Balaban J connectivity index is 1.91. The smallest absolute Gasteiger partial charge is 0.314 e. The number of alkyl halides is 3. The number of aromatic nitrogens is 1. The summed E-state index contributed by atoms with van der Waals surface area (Å²) < 4.78 is 54.2. The number of pyridine rings is 1. The van der Waals surface area contributed by atoms with Crippen LogP contribution in [0.4, 0.5) is 22.4 Å². The lowest BCUT2D eigenvalue weighted by Crippen LogP contribution is -2.69. The third kappa shape index (κ3) is 3.38. The maximum atomic E-state index is 13.7. The van der Waals surface area contributed by atoms with Crippen LogP contribution >= 0.6 is 0 Å². The highest BCUT2D eigenvalue weighted by Crippen LogP contribution is 2.34. The van der Waals surface area contributed by atoms with Crippen LogP contribution in [-0.2, 0) is 11.3 Å². The zero-order valence-electron chi connectivity index (χ0n) is 14.0. The molecule has 0 bridgehead atoms. The van der Waals surface area contributed by atoms with Gasteiger partial charge in [-0.05, 0) is 35.9 Å². The number of amides is 4. The van der Waals surface area contributed by atoms with Crippen LogP contribution in [0.1, 0.15) is 15.9 Å². The highest BCUT2D eigenvalue weighted by atomic mass is 19.4. The van der Waals surface area contributed by atoms with Crippen molar-refractivity contribution in [3.05, 3.63) is 65.7 Å². The van der Waals surface area contributed by atoms with Crippen LogP contribution in [0.2, 0.25) is 0 Å². The molecule has 2 aromatic rings. The number of halogens is 4. The molecule has 3 rings (SSSR count). The van der Waals surface area contributed by atoms with Gasteiger partial charge in [0.15, 0.2) is 0 Å². The fraction of sp³-hybridized carbons (Fsp3) is 0.176. The molecule has 1 saturated heterocycles. The first-order chi connectivity index (χ1) is 13.1. The first kappa shape index (κ1) is 19.3. The quantitative estimate of drug-likeness (QED) is 0.611. The Bertz CT molecular complexity index is 918. The minimum absolute atomic E-state index is 0.314. The van der Waals surface area contributed by atoms with E-state index in [2.05, 4.69) is 4.98 Å². The Labute approximate surface area is 155 Å². The molecule has 0 unspecified atom stereocenters. The van der Waals surface area contributed by atoms with Crippen LogP contribution in [0.3, 0.4) is 0 Å². The molecule has 28 heavy (non-hydrogen) atoms. The Morgan fingerprint density at radius 1 is 1.18 bits per heavy atom. The van der Waals surface area contributed by atoms with Gasteiger partial charge in [0.25, 0.3) is 17.5 Å². The van der Waals surface area contributed by atoms with Crippen molar-refractivity contribution in [2.75, 3.05) is 0 Å². The SMILES string of the molecule is O=C(N[C@]1(C(F)(F)F)NC(=O)N(Cc2cccnc2)C1=O)c1ccc(F)cc1. The predicted octanol–water partition coefficient (Wildman–Crippen LogP) is 1.96. The summed E-state index contributed by atoms with van der Waals surface area (Å²) in [5.74, 6) is -3.70. The number of benzene rings is 1. The van der Waals surface area contributed by atoms with E-state index in [1.54, 1.807) is 0 Å². The summed E-state index contributed by atoms with van der Waals surface area (Å²) in [6, 6.07) is 5.27. The molecule has 0 saturated carbocycles. The van der Waals surface area contributed by atoms with Crippen molar-refractivity contribution in [3.8, 4) is 0 Å². The molecular formula is C17H12F4N4O3. The molecule has 1 aliphatic heterocycles. The van der Waals surface area contributed by atoms with E-state index in [0.29, 0.717) is 10.5 Å². The topological polar surface area (TPSA) is 91.4 Å². The van der Waals surface area contributed by atoms with Gasteiger partial charge >= 0.3 is 12.2 Å². The van der Waals surface area contributed by atoms with E-state index in [1.165, 1.54) is 35.2 Å². The van der Waals surface area contributed by atoms with Gasteiger partial charge in [-0.25, -0.2) is 9.18 Å². The average Bonchev–Trinajstić information content (AvgIpc) is 2.88. The lowest BCUT2D eigenvalue weighted by Gasteiger charge is -2.29. The van der Waals surface area contributed by atoms with Gasteiger partial charge in [0.2, 0.25) is 0 Å². The van der Waals surface area contributed by atoms with Crippen LogP contribution < -0.4 is 10.6 Å². The summed E-state index contributed by atoms with van der Waals surface area (Å²) in [6.45, 7) is -0.469. The van der Waals surface area contributed by atoms with E-state index >= 15 is 0 Å². The highest BCUT2D eigenvalue weighted by molar-refractivity contribution is 6.10. The van der Waals surface area contributed by atoms with Gasteiger partial charge in [-0.15, -0.1) is 0 Å². The number of nitrogens with one attached hydrogen (secondary N) is 2. The van der Waals surface area contributed by atoms with Gasteiger partial charge in [0.05, 0.1) is 6.54 Å². The third-order valence-corrected chi connectivity index (χ3v) is 4.00. The number of imide groups is 1. The van der Waals surface area contributed by atoms with Gasteiger partial charge in [-0.3, -0.25) is 24.8 Å². The van der Waals surface area contributed by atoms with Crippen molar-refractivity contribution in [2.45, 2.75) is 18.4 Å². The molecule has 11 heteroatoms. The van der Waals surface area contributed by atoms with Crippen molar-refractivity contribution in [3.63, 3.8) is 0 Å². The monoisotopic (exact) mass is 396 g/mol. The van der Waals surface area contributed by atoms with Gasteiger partial charge in [-0.1, -0.05) is 6.07 Å². The molecule has 1 aliphatic rings. The summed E-state index contributed by atoms with van der Waals surface area (Å²) >= 11 is 0. The molecule has 0 spiro atoms. The Morgan fingerprint density at radius 3 is 2.43 bits per heavy atom. The van der Waals surface area contributed by atoms with Crippen LogP contribution in [-0.4, -0.2) is 39.6 Å². The van der Waals surface area contributed by atoms with Gasteiger partial charge in [-0.2, -0.15) is 13.2 Å². The molecule has 4 amide bonds. The minimum Gasteiger partial charge on any atom is -0.314 e. The number of urea groups is 1. The number of rotatable bonds is 4. The number of carbonyl (C=O) groups excluding carboxylic acids is 3. The molecular weight excluding hydrogens is 384 g/mol. The van der Waals surface area contributed by atoms with E-state index in [4.69, 9.17) is 0 Å². The number of carbonyl (C=O) groups is 3. The molecule has 1 aromatic carbocycles. The summed E-state index contributed by atoms with van der Waals surface area (Å²) in [5.41, 5.74) is -3.65. The molecule has 1 aromatic heterocycles. The maximum absolute atomic E-state index is 13.7. The average molecular weight is 396 g/mol. The molecule has 146 valence electrons. The van der Waals surface area contributed by atoms with Crippen LogP contribution in [0.15, 0.2) is 48.8 Å². The van der Waals surface area contributed by atoms with E-state index in [9.17, 15) is 31.9 Å². The Morgan fingerprint density at radius 2 is 1.86 bits per heavy atom. The zero-order valence-corrected chi connectivity index (χ0v) is 14.0. The maximum Gasteiger partial charge on any atom is 0.440 e. The Hall–Kier alpha value is -3.50. The van der Waals surface area contributed by atoms with Gasteiger partial charge in [0.1, 0.15) is 5.82 Å². The first-order valence-corrected chi connectivity index (χ1v) is 7.82. The molecule has 1 atom stereocenters. The summed E-state index contributed by atoms with van der Waals surface area (Å²) in [5, 5.41) is 3.06. The lowest BCUT2D eigenvalue weighted by molar-refractivity contribution is -0.200. The van der Waals surface area contributed by atoms with Crippen molar-refractivity contribution >= 4 is 17.8 Å². The van der Waals surface area contributed by atoms with Gasteiger partial charge in [0, 0.05) is 18.0 Å². The number of hydrogen-bond donors (Lipinski definition) is 2. The van der Waals surface area contributed by atoms with Crippen molar-refractivity contribution < 1.29 is 31.9 Å². The minimum atomic E-state index is -5.33. The number of hydrogen-bond acceptors (Lipinski definition) is 4. The van der Waals surface area contributed by atoms with Crippen molar-refractivity contribution in [1.29, 1.82) is 0 Å². The summed E-state index contributed by atoms with van der Waals surface area (Å²) in [4.78, 5) is 40.9. The van der Waals surface area contributed by atoms with Crippen LogP contribution in [0.25, 0.3) is 0 Å². The van der Waals surface area contributed by atoms with Crippen molar-refractivity contribution in [2.24, 2.45) is 0 Å². The zero-order chi connectivity index (χ0) is 20.5. The van der Waals surface area contributed by atoms with Crippen LogP contribution in [0.5, 0.6) is 0 Å². The van der Waals surface area contributed by atoms with Crippen molar-refractivity contribution in [1.82, 2.24) is 20.5 Å². The highest BCUT2D eigenvalue weighted by Gasteiger charge is 2.68. The van der Waals surface area contributed by atoms with E-state index in [-0.39, 0.29) is 5.56 Å². The van der Waals surface area contributed by atoms with Crippen LogP contribution in [0, 0.1) is 5.82 Å². The molecule has 7 nitrogen and oxygen atoms in total. The second-order valence-corrected chi connectivity index (χ2v) is 5.89. The second-order valence-electron chi connectivity index (χ2n) is 5.89. The lowest BCUT2D eigenvalue weighted by atomic mass is 10.1. The standard InChI is InChI=1S/C17H12F4N4O3/c18-12-5-3-11(4-6-12)13(26)23-16(17(19,20)21)14(27)25(15(28)24-16)9-10-2-1-7-22-8-10/h1-8H,9H2,(H,23,26)(H,24,28)/t16-/m0/s1. The number of nitrogens with zero attached hydrogens (tertiary/aromatic N) is 2. The van der Waals surface area contributed by atoms with Gasteiger partial charge < -0.3 is 5.32 Å². The molecule has 1 fully saturated rings. The molecule has 2 N–H and O–H groups in total. The summed E-state index contributed by atoms with van der Waals surface area (Å²) in [7, 11) is 0. The molecule has 0 aliphatic carbocycles. The van der Waals surface area contributed by atoms with E-state index < -0.39 is 42.0 Å².